The van der Waals surface area contributed by atoms with Crippen LogP contribution in [-0.2, 0) is 17.6 Å². The van der Waals surface area contributed by atoms with Gasteiger partial charge in [0.1, 0.15) is 23.2 Å². The van der Waals surface area contributed by atoms with E-state index in [4.69, 9.17) is 4.99 Å². The summed E-state index contributed by atoms with van der Waals surface area (Å²) < 4.78 is 0. The van der Waals surface area contributed by atoms with Crippen molar-refractivity contribution in [2.24, 2.45) is 15.9 Å². The van der Waals surface area contributed by atoms with E-state index < -0.39 is 0 Å². The molecule has 1 aliphatic carbocycles. The Labute approximate surface area is 128 Å². The molecule has 0 N–H and O–H groups in total. The van der Waals surface area contributed by atoms with Gasteiger partial charge in [0, 0.05) is 4.88 Å². The van der Waals surface area contributed by atoms with Crippen LogP contribution in [-0.4, -0.2) is 29.0 Å². The first-order chi connectivity index (χ1) is 10.1. The molecule has 110 valence electrons. The quantitative estimate of drug-likeness (QED) is 0.826. The Morgan fingerprint density at radius 2 is 2.19 bits per heavy atom. The number of hydrogen-bond acceptors (Lipinski definition) is 4. The first kappa shape index (κ1) is 13.2. The van der Waals surface area contributed by atoms with Crippen molar-refractivity contribution >= 4 is 34.4 Å². The molecule has 0 radical (unpaired) electrons. The summed E-state index contributed by atoms with van der Waals surface area (Å²) in [6.45, 7) is 4.27. The maximum atomic E-state index is 12.5. The average molecular weight is 301 g/mol. The lowest BCUT2D eigenvalue weighted by molar-refractivity contribution is -0.124. The molecular weight excluding hydrogens is 282 g/mol. The van der Waals surface area contributed by atoms with Gasteiger partial charge in [-0.1, -0.05) is 13.8 Å². The van der Waals surface area contributed by atoms with E-state index in [1.807, 2.05) is 0 Å². The lowest BCUT2D eigenvalue weighted by atomic mass is 9.94. The van der Waals surface area contributed by atoms with Crippen molar-refractivity contribution in [1.29, 1.82) is 0 Å². The second-order valence-corrected chi connectivity index (χ2v) is 7.53. The Balaban J connectivity index is 1.79. The molecule has 1 aromatic heterocycles. The van der Waals surface area contributed by atoms with Gasteiger partial charge in [-0.2, -0.15) is 0 Å². The number of fused-ring (bicyclic) bond motifs is 5. The van der Waals surface area contributed by atoms with E-state index in [1.54, 1.807) is 22.6 Å². The number of carbonyl (C=O) groups excluding carboxylic acids is 1. The van der Waals surface area contributed by atoms with Gasteiger partial charge in [-0.15, -0.1) is 11.3 Å². The highest BCUT2D eigenvalue weighted by Gasteiger charge is 2.39. The number of thiophene rings is 1. The fraction of sp³-hybridized carbons (Fsp3) is 0.562. The Morgan fingerprint density at radius 3 is 3.00 bits per heavy atom. The van der Waals surface area contributed by atoms with Gasteiger partial charge in [0.15, 0.2) is 0 Å². The number of rotatable bonds is 2. The minimum atomic E-state index is -0.225. The number of carbonyl (C=O) groups is 1. The topological polar surface area (TPSA) is 45.0 Å². The molecule has 1 amide bonds. The smallest absolute Gasteiger partial charge is 0.258 e. The van der Waals surface area contributed by atoms with Crippen molar-refractivity contribution in [2.75, 3.05) is 0 Å². The number of amides is 1. The Hall–Kier alpha value is -1.49. The molecular formula is C16H19N3OS. The van der Waals surface area contributed by atoms with E-state index in [9.17, 15) is 4.79 Å². The average Bonchev–Trinajstić information content (AvgIpc) is 2.97. The van der Waals surface area contributed by atoms with Gasteiger partial charge < -0.3 is 0 Å². The number of aliphatic imine (C=N–C) groups is 2. The summed E-state index contributed by atoms with van der Waals surface area (Å²) in [5, 5.41) is 1.05. The van der Waals surface area contributed by atoms with Crippen LogP contribution in [0.2, 0.25) is 0 Å². The molecule has 0 fully saturated rings. The van der Waals surface area contributed by atoms with Crippen LogP contribution in [0.5, 0.6) is 0 Å². The normalized spacial score (nSPS) is 23.2. The van der Waals surface area contributed by atoms with Crippen molar-refractivity contribution in [1.82, 2.24) is 4.90 Å². The van der Waals surface area contributed by atoms with E-state index in [0.29, 0.717) is 5.92 Å². The standard InChI is InChI=1S/C16H19N3OS/c1-9(2)7-11-16(20)19-8-17-15-13(14(19)18-11)10-5-3-4-6-12(10)21-15/h8-9,11H,3-7H2,1-2H3. The molecule has 0 spiro atoms. The summed E-state index contributed by atoms with van der Waals surface area (Å²) in [5.74, 6) is 1.41. The van der Waals surface area contributed by atoms with Crippen LogP contribution in [0.3, 0.4) is 0 Å². The highest BCUT2D eigenvalue weighted by molar-refractivity contribution is 7.16. The Bertz CT molecular complexity index is 671. The maximum absolute atomic E-state index is 12.5. The molecule has 5 heteroatoms. The van der Waals surface area contributed by atoms with Crippen LogP contribution in [0.15, 0.2) is 9.98 Å². The van der Waals surface area contributed by atoms with Crippen molar-refractivity contribution in [3.63, 3.8) is 0 Å². The second kappa shape index (κ2) is 4.77. The van der Waals surface area contributed by atoms with Gasteiger partial charge >= 0.3 is 0 Å². The van der Waals surface area contributed by atoms with Crippen LogP contribution in [0, 0.1) is 5.92 Å². The van der Waals surface area contributed by atoms with Crippen molar-refractivity contribution < 1.29 is 4.79 Å². The predicted octanol–water partition coefficient (Wildman–Crippen LogP) is 3.30. The largest absolute Gasteiger partial charge is 0.272 e. The molecule has 1 atom stereocenters. The number of hydrogen-bond donors (Lipinski definition) is 0. The molecule has 0 saturated heterocycles. The molecule has 1 aromatic rings. The zero-order chi connectivity index (χ0) is 14.6. The second-order valence-electron chi connectivity index (χ2n) is 6.44. The molecule has 2 aliphatic heterocycles. The highest BCUT2D eigenvalue weighted by Crippen LogP contribution is 2.43. The van der Waals surface area contributed by atoms with Gasteiger partial charge in [-0.25, -0.2) is 4.99 Å². The summed E-state index contributed by atoms with van der Waals surface area (Å²) in [7, 11) is 0. The van der Waals surface area contributed by atoms with E-state index in [1.165, 1.54) is 23.3 Å². The lowest BCUT2D eigenvalue weighted by Gasteiger charge is -2.19. The molecule has 3 heterocycles. The summed E-state index contributed by atoms with van der Waals surface area (Å²) in [6, 6.07) is -0.225. The zero-order valence-corrected chi connectivity index (χ0v) is 13.2. The third-order valence-electron chi connectivity index (χ3n) is 4.39. The van der Waals surface area contributed by atoms with Gasteiger partial charge in [0.05, 0.1) is 5.56 Å². The van der Waals surface area contributed by atoms with E-state index in [0.717, 1.165) is 35.7 Å². The minimum Gasteiger partial charge on any atom is -0.272 e. The predicted molar refractivity (Wildman–Crippen MR) is 85.7 cm³/mol. The van der Waals surface area contributed by atoms with E-state index in [2.05, 4.69) is 18.8 Å². The summed E-state index contributed by atoms with van der Waals surface area (Å²) >= 11 is 1.79. The van der Waals surface area contributed by atoms with Crippen LogP contribution in [0.25, 0.3) is 0 Å². The fourth-order valence-corrected chi connectivity index (χ4v) is 4.63. The fourth-order valence-electron chi connectivity index (χ4n) is 3.41. The Kier molecular flexibility index (Phi) is 2.99. The number of amidine groups is 1. The monoisotopic (exact) mass is 301 g/mol. The molecule has 3 aliphatic rings. The molecule has 21 heavy (non-hydrogen) atoms. The molecule has 4 rings (SSSR count). The number of aryl methyl sites for hydroxylation is 1. The molecule has 0 saturated carbocycles. The third kappa shape index (κ3) is 1.98. The third-order valence-corrected chi connectivity index (χ3v) is 5.59. The van der Waals surface area contributed by atoms with Gasteiger partial charge in [-0.05, 0) is 43.6 Å². The van der Waals surface area contributed by atoms with Gasteiger partial charge in [0.25, 0.3) is 5.91 Å². The lowest BCUT2D eigenvalue weighted by Crippen LogP contribution is -2.36. The van der Waals surface area contributed by atoms with Crippen molar-refractivity contribution in [3.05, 3.63) is 16.0 Å². The van der Waals surface area contributed by atoms with E-state index >= 15 is 0 Å². The molecule has 4 nitrogen and oxygen atoms in total. The summed E-state index contributed by atoms with van der Waals surface area (Å²) in [4.78, 5) is 24.9. The Morgan fingerprint density at radius 1 is 1.38 bits per heavy atom. The van der Waals surface area contributed by atoms with Crippen LogP contribution < -0.4 is 0 Å². The molecule has 1 unspecified atom stereocenters. The van der Waals surface area contributed by atoms with E-state index in [-0.39, 0.29) is 11.9 Å². The first-order valence-electron chi connectivity index (χ1n) is 7.75. The summed E-state index contributed by atoms with van der Waals surface area (Å²) in [5.41, 5.74) is 2.55. The number of nitrogens with zero attached hydrogens (tertiary/aromatic N) is 3. The van der Waals surface area contributed by atoms with Crippen molar-refractivity contribution in [2.45, 2.75) is 52.0 Å². The van der Waals surface area contributed by atoms with Gasteiger partial charge in [0.2, 0.25) is 0 Å². The SMILES string of the molecule is CC(C)CC1N=C2c3c(sc4c3CCCC4)N=CN2C1=O. The first-order valence-corrected chi connectivity index (χ1v) is 8.56. The highest BCUT2D eigenvalue weighted by atomic mass is 32.1. The van der Waals surface area contributed by atoms with Crippen molar-refractivity contribution in [3.8, 4) is 0 Å². The molecule has 0 aromatic carbocycles. The molecule has 0 bridgehead atoms. The van der Waals surface area contributed by atoms with Crippen LogP contribution in [0.4, 0.5) is 5.00 Å². The summed E-state index contributed by atoms with van der Waals surface area (Å²) in [6.07, 6.45) is 7.24. The maximum Gasteiger partial charge on any atom is 0.258 e. The zero-order valence-electron chi connectivity index (χ0n) is 12.4. The van der Waals surface area contributed by atoms with Gasteiger partial charge in [-0.3, -0.25) is 14.7 Å². The minimum absolute atomic E-state index is 0.0869. The van der Waals surface area contributed by atoms with Crippen LogP contribution in [0.1, 0.15) is 49.1 Å². The van der Waals surface area contributed by atoms with Crippen LogP contribution >= 0.6 is 11.3 Å².